The van der Waals surface area contributed by atoms with Crippen molar-refractivity contribution in [1.29, 1.82) is 0 Å². The van der Waals surface area contributed by atoms with Crippen molar-refractivity contribution in [3.05, 3.63) is 23.8 Å². The van der Waals surface area contributed by atoms with Crippen LogP contribution in [0, 0.1) is 0 Å². The van der Waals surface area contributed by atoms with Gasteiger partial charge in [-0.05, 0) is 24.6 Å². The normalized spacial score (nSPS) is 16.0. The van der Waals surface area contributed by atoms with Crippen LogP contribution in [-0.2, 0) is 10.4 Å². The molecule has 1 rings (SSSR count). The second kappa shape index (κ2) is 4.58. The second-order valence-corrected chi connectivity index (χ2v) is 3.73. The summed E-state index contributed by atoms with van der Waals surface area (Å²) in [6.07, 6.45) is -2.48. The van der Waals surface area contributed by atoms with E-state index >= 15 is 0 Å². The lowest BCUT2D eigenvalue weighted by Crippen LogP contribution is -2.39. The van der Waals surface area contributed by atoms with Crippen molar-refractivity contribution in [2.75, 3.05) is 7.11 Å². The van der Waals surface area contributed by atoms with Crippen molar-refractivity contribution < 1.29 is 29.2 Å². The van der Waals surface area contributed by atoms with E-state index < -0.39 is 17.7 Å². The van der Waals surface area contributed by atoms with Crippen molar-refractivity contribution in [3.8, 4) is 11.5 Å². The molecule has 6 heteroatoms. The summed E-state index contributed by atoms with van der Waals surface area (Å²) in [5, 5.41) is 27.7. The Bertz CT molecular complexity index is 430. The first-order valence-electron chi connectivity index (χ1n) is 4.77. The van der Waals surface area contributed by atoms with E-state index in [1.165, 1.54) is 25.3 Å². The molecule has 0 aliphatic heterocycles. The molecule has 5 nitrogen and oxygen atoms in total. The van der Waals surface area contributed by atoms with Gasteiger partial charge in [0, 0.05) is 0 Å². The number of methoxy groups -OCH3 is 1. The van der Waals surface area contributed by atoms with Gasteiger partial charge in [0.1, 0.15) is 5.60 Å². The zero-order valence-electron chi connectivity index (χ0n) is 9.35. The Morgan fingerprint density at radius 1 is 1.53 bits per heavy atom. The Labute approximate surface area is 97.1 Å². The molecule has 0 spiro atoms. The maximum atomic E-state index is 13.4. The summed E-state index contributed by atoms with van der Waals surface area (Å²) < 4.78 is 18.2. The van der Waals surface area contributed by atoms with Crippen molar-refractivity contribution in [2.45, 2.75) is 18.7 Å². The quantitative estimate of drug-likeness (QED) is 0.736. The number of ether oxygens (including phenoxy) is 1. The van der Waals surface area contributed by atoms with Gasteiger partial charge in [-0.2, -0.15) is 0 Å². The molecule has 0 radical (unpaired) electrons. The summed E-state index contributed by atoms with van der Waals surface area (Å²) in [4.78, 5) is 10.5. The number of phenols is 1. The summed E-state index contributed by atoms with van der Waals surface area (Å²) >= 11 is 0. The monoisotopic (exact) mass is 244 g/mol. The van der Waals surface area contributed by atoms with E-state index in [1.807, 2.05) is 0 Å². The van der Waals surface area contributed by atoms with Crippen LogP contribution < -0.4 is 4.74 Å². The van der Waals surface area contributed by atoms with E-state index in [4.69, 9.17) is 9.84 Å². The molecular formula is C11H13FO5. The fraction of sp³-hybridized carbons (Fsp3) is 0.364. The molecule has 0 bridgehead atoms. The van der Waals surface area contributed by atoms with Gasteiger partial charge in [0.05, 0.1) is 7.11 Å². The first kappa shape index (κ1) is 13.2. The number of phenolic OH excluding ortho intramolecular Hbond substituents is 1. The summed E-state index contributed by atoms with van der Waals surface area (Å²) in [7, 11) is 1.29. The highest BCUT2D eigenvalue weighted by Crippen LogP contribution is 2.34. The number of hydrogen-bond donors (Lipinski definition) is 3. The molecule has 3 N–H and O–H groups in total. The predicted molar refractivity (Wildman–Crippen MR) is 56.8 cm³/mol. The molecule has 0 fully saturated rings. The average Bonchev–Trinajstić information content (AvgIpc) is 2.28. The molecule has 0 aliphatic rings. The molecule has 94 valence electrons. The third kappa shape index (κ3) is 2.47. The smallest absolute Gasteiger partial charge is 0.341 e. The second-order valence-electron chi connectivity index (χ2n) is 3.73. The lowest BCUT2D eigenvalue weighted by Gasteiger charge is -2.25. The third-order valence-electron chi connectivity index (χ3n) is 2.47. The molecular weight excluding hydrogens is 231 g/mol. The molecule has 0 aliphatic carbocycles. The number of aliphatic carboxylic acids is 1. The third-order valence-corrected chi connectivity index (χ3v) is 2.47. The number of alkyl halides is 1. The van der Waals surface area contributed by atoms with Crippen LogP contribution >= 0.6 is 0 Å². The van der Waals surface area contributed by atoms with Crippen LogP contribution in [0.5, 0.6) is 11.5 Å². The van der Waals surface area contributed by atoms with Crippen molar-refractivity contribution in [2.24, 2.45) is 0 Å². The van der Waals surface area contributed by atoms with E-state index in [0.717, 1.165) is 6.92 Å². The first-order chi connectivity index (χ1) is 7.80. The number of carboxylic acids is 1. The summed E-state index contributed by atoms with van der Waals surface area (Å²) in [6.45, 7) is 1.04. The van der Waals surface area contributed by atoms with Gasteiger partial charge >= 0.3 is 5.97 Å². The van der Waals surface area contributed by atoms with Crippen molar-refractivity contribution in [1.82, 2.24) is 0 Å². The van der Waals surface area contributed by atoms with Crippen LogP contribution in [-0.4, -0.2) is 34.6 Å². The van der Waals surface area contributed by atoms with Crippen LogP contribution in [0.3, 0.4) is 0 Å². The summed E-state index contributed by atoms with van der Waals surface area (Å²) in [6, 6.07) is 3.61. The number of halogens is 1. The predicted octanol–water partition coefficient (Wildman–Crippen LogP) is 1.03. The molecule has 2 atom stereocenters. The minimum atomic E-state index is -2.48. The van der Waals surface area contributed by atoms with E-state index in [9.17, 15) is 19.4 Å². The molecule has 17 heavy (non-hydrogen) atoms. The molecule has 2 unspecified atom stereocenters. The number of hydrogen-bond acceptors (Lipinski definition) is 4. The molecule has 0 amide bonds. The van der Waals surface area contributed by atoms with Gasteiger partial charge in [-0.25, -0.2) is 9.18 Å². The van der Waals surface area contributed by atoms with E-state index in [0.29, 0.717) is 0 Å². The van der Waals surface area contributed by atoms with Crippen molar-refractivity contribution >= 4 is 5.97 Å². The lowest BCUT2D eigenvalue weighted by molar-refractivity contribution is -0.153. The molecule has 0 heterocycles. The molecule has 0 aromatic heterocycles. The Morgan fingerprint density at radius 2 is 2.12 bits per heavy atom. The van der Waals surface area contributed by atoms with Crippen LogP contribution in [0.4, 0.5) is 4.39 Å². The highest BCUT2D eigenvalue weighted by Gasteiger charge is 2.39. The molecule has 0 saturated heterocycles. The SMILES string of the molecule is COc1cc(C(C)(O)C(F)C(=O)O)ccc1O. The van der Waals surface area contributed by atoms with Crippen LogP contribution in [0.25, 0.3) is 0 Å². The number of carboxylic acid groups (broad SMARTS) is 1. The Balaban J connectivity index is 3.19. The fourth-order valence-electron chi connectivity index (χ4n) is 1.38. The van der Waals surface area contributed by atoms with E-state index in [2.05, 4.69) is 0 Å². The maximum absolute atomic E-state index is 13.4. The van der Waals surface area contributed by atoms with Crippen molar-refractivity contribution in [3.63, 3.8) is 0 Å². The highest BCUT2D eigenvalue weighted by molar-refractivity contribution is 5.74. The van der Waals surface area contributed by atoms with Gasteiger partial charge in [-0.1, -0.05) is 6.07 Å². The number of rotatable bonds is 4. The minimum Gasteiger partial charge on any atom is -0.504 e. The number of aliphatic hydroxyl groups is 1. The number of aromatic hydroxyl groups is 1. The largest absolute Gasteiger partial charge is 0.504 e. The summed E-state index contributed by atoms with van der Waals surface area (Å²) in [5.74, 6) is -1.92. The standard InChI is InChI=1S/C11H13FO5/c1-11(16,9(12)10(14)15)6-3-4-7(13)8(5-6)17-2/h3-5,9,13,16H,1-2H3,(H,14,15). The molecule has 0 saturated carbocycles. The summed E-state index contributed by atoms with van der Waals surface area (Å²) in [5.41, 5.74) is -2.20. The first-order valence-corrected chi connectivity index (χ1v) is 4.77. The average molecular weight is 244 g/mol. The van der Waals surface area contributed by atoms with Crippen LogP contribution in [0.2, 0.25) is 0 Å². The lowest BCUT2D eigenvalue weighted by atomic mass is 9.91. The van der Waals surface area contributed by atoms with Gasteiger partial charge in [0.2, 0.25) is 6.17 Å². The van der Waals surface area contributed by atoms with Gasteiger partial charge in [0.25, 0.3) is 0 Å². The Morgan fingerprint density at radius 3 is 2.59 bits per heavy atom. The van der Waals surface area contributed by atoms with Gasteiger partial charge in [-0.15, -0.1) is 0 Å². The zero-order valence-corrected chi connectivity index (χ0v) is 9.35. The van der Waals surface area contributed by atoms with Crippen LogP contribution in [0.1, 0.15) is 12.5 Å². The van der Waals surface area contributed by atoms with Gasteiger partial charge in [-0.3, -0.25) is 0 Å². The maximum Gasteiger partial charge on any atom is 0.341 e. The Hall–Kier alpha value is -1.82. The molecule has 1 aromatic rings. The Kier molecular flexibility index (Phi) is 3.57. The van der Waals surface area contributed by atoms with E-state index in [-0.39, 0.29) is 17.1 Å². The number of benzene rings is 1. The fourth-order valence-corrected chi connectivity index (χ4v) is 1.38. The van der Waals surface area contributed by atoms with Crippen LogP contribution in [0.15, 0.2) is 18.2 Å². The topological polar surface area (TPSA) is 87.0 Å². The van der Waals surface area contributed by atoms with E-state index in [1.54, 1.807) is 0 Å². The van der Waals surface area contributed by atoms with Gasteiger partial charge in [0.15, 0.2) is 11.5 Å². The minimum absolute atomic E-state index is 0.00190. The highest BCUT2D eigenvalue weighted by atomic mass is 19.1. The van der Waals surface area contributed by atoms with Gasteiger partial charge < -0.3 is 20.1 Å². The molecule has 1 aromatic carbocycles. The zero-order chi connectivity index (χ0) is 13.2. The number of carbonyl (C=O) groups is 1.